The highest BCUT2D eigenvalue weighted by Gasteiger charge is 2.27. The SMILES string of the molecule is CC(C)Cc1noc([C@H]2CCCN(Cc3cc4n(n3)CCNC4)C2)n1. The number of rotatable bonds is 5. The van der Waals surface area contributed by atoms with Crippen LogP contribution in [0.4, 0.5) is 0 Å². The first kappa shape index (κ1) is 16.7. The van der Waals surface area contributed by atoms with E-state index in [9.17, 15) is 0 Å². The summed E-state index contributed by atoms with van der Waals surface area (Å²) in [5.41, 5.74) is 2.47. The van der Waals surface area contributed by atoms with Gasteiger partial charge in [-0.25, -0.2) is 0 Å². The van der Waals surface area contributed by atoms with Crippen molar-refractivity contribution >= 4 is 0 Å². The Kier molecular flexibility index (Phi) is 4.85. The second kappa shape index (κ2) is 7.25. The molecule has 1 atom stereocenters. The molecule has 0 spiro atoms. The smallest absolute Gasteiger partial charge is 0.231 e. The van der Waals surface area contributed by atoms with Gasteiger partial charge in [-0.05, 0) is 31.4 Å². The van der Waals surface area contributed by atoms with Gasteiger partial charge in [0.1, 0.15) is 0 Å². The van der Waals surface area contributed by atoms with E-state index in [1.807, 2.05) is 0 Å². The number of piperidine rings is 1. The minimum atomic E-state index is 0.348. The summed E-state index contributed by atoms with van der Waals surface area (Å²) in [6.45, 7) is 10.3. The van der Waals surface area contributed by atoms with Crippen molar-refractivity contribution in [3.63, 3.8) is 0 Å². The van der Waals surface area contributed by atoms with E-state index in [1.54, 1.807) is 0 Å². The number of fused-ring (bicyclic) bond motifs is 1. The summed E-state index contributed by atoms with van der Waals surface area (Å²) in [4.78, 5) is 7.11. The van der Waals surface area contributed by atoms with Crippen LogP contribution in [0, 0.1) is 5.92 Å². The minimum Gasteiger partial charge on any atom is -0.339 e. The van der Waals surface area contributed by atoms with Gasteiger partial charge in [-0.3, -0.25) is 9.58 Å². The molecule has 1 N–H and O–H groups in total. The van der Waals surface area contributed by atoms with E-state index in [0.717, 1.165) is 63.8 Å². The monoisotopic (exact) mass is 344 g/mol. The lowest BCUT2D eigenvalue weighted by molar-refractivity contribution is 0.178. The fourth-order valence-electron chi connectivity index (χ4n) is 3.84. The Bertz CT molecular complexity index is 683. The van der Waals surface area contributed by atoms with E-state index in [4.69, 9.17) is 9.62 Å². The highest BCUT2D eigenvalue weighted by atomic mass is 16.5. The van der Waals surface area contributed by atoms with Crippen LogP contribution < -0.4 is 5.32 Å². The van der Waals surface area contributed by atoms with Crippen LogP contribution >= 0.6 is 0 Å². The molecule has 2 aromatic rings. The average Bonchev–Trinajstić information content (AvgIpc) is 3.20. The summed E-state index contributed by atoms with van der Waals surface area (Å²) < 4.78 is 7.70. The third-order valence-electron chi connectivity index (χ3n) is 5.04. The Morgan fingerprint density at radius 1 is 1.36 bits per heavy atom. The van der Waals surface area contributed by atoms with Crippen molar-refractivity contribution in [2.45, 2.75) is 58.7 Å². The molecule has 4 heterocycles. The van der Waals surface area contributed by atoms with Crippen molar-refractivity contribution in [3.05, 3.63) is 29.2 Å². The van der Waals surface area contributed by atoms with Crippen molar-refractivity contribution in [1.82, 2.24) is 30.1 Å². The maximum atomic E-state index is 5.55. The van der Waals surface area contributed by atoms with Crippen LogP contribution in [-0.2, 0) is 26.1 Å². The molecule has 1 saturated heterocycles. The Morgan fingerprint density at radius 3 is 3.12 bits per heavy atom. The van der Waals surface area contributed by atoms with Crippen LogP contribution in [-0.4, -0.2) is 44.5 Å². The molecule has 4 rings (SSSR count). The Balaban J connectivity index is 1.39. The molecule has 2 aliphatic rings. The summed E-state index contributed by atoms with van der Waals surface area (Å²) in [5.74, 6) is 2.56. The zero-order valence-corrected chi connectivity index (χ0v) is 15.2. The number of likely N-dealkylation sites (tertiary alicyclic amines) is 1. The van der Waals surface area contributed by atoms with Gasteiger partial charge in [0, 0.05) is 32.6 Å². The third kappa shape index (κ3) is 3.93. The largest absolute Gasteiger partial charge is 0.339 e. The standard InChI is InChI=1S/C18H28N6O/c1-13(2)8-17-20-18(25-22-17)14-4-3-6-23(11-14)12-15-9-16-10-19-5-7-24(16)21-15/h9,13-14,19H,3-8,10-12H2,1-2H3/t14-/m0/s1. The number of aromatic nitrogens is 4. The molecule has 0 bridgehead atoms. The molecule has 2 aliphatic heterocycles. The number of hydrogen-bond acceptors (Lipinski definition) is 6. The van der Waals surface area contributed by atoms with Crippen molar-refractivity contribution in [2.24, 2.45) is 5.92 Å². The average molecular weight is 344 g/mol. The predicted molar refractivity (Wildman–Crippen MR) is 94.0 cm³/mol. The fraction of sp³-hybridized carbons (Fsp3) is 0.722. The van der Waals surface area contributed by atoms with Gasteiger partial charge < -0.3 is 9.84 Å². The zero-order valence-electron chi connectivity index (χ0n) is 15.2. The molecule has 1 fully saturated rings. The lowest BCUT2D eigenvalue weighted by atomic mass is 9.98. The van der Waals surface area contributed by atoms with Crippen LogP contribution in [0.15, 0.2) is 10.6 Å². The topological polar surface area (TPSA) is 72.0 Å². The third-order valence-corrected chi connectivity index (χ3v) is 5.04. The molecular weight excluding hydrogens is 316 g/mol. The molecule has 0 aliphatic carbocycles. The fourth-order valence-corrected chi connectivity index (χ4v) is 3.84. The van der Waals surface area contributed by atoms with Crippen LogP contribution in [0.25, 0.3) is 0 Å². The maximum absolute atomic E-state index is 5.55. The van der Waals surface area contributed by atoms with Gasteiger partial charge in [0.25, 0.3) is 0 Å². The van der Waals surface area contributed by atoms with E-state index in [2.05, 4.69) is 45.0 Å². The van der Waals surface area contributed by atoms with Crippen molar-refractivity contribution in [2.75, 3.05) is 19.6 Å². The van der Waals surface area contributed by atoms with Crippen molar-refractivity contribution in [3.8, 4) is 0 Å². The van der Waals surface area contributed by atoms with Gasteiger partial charge in [0.15, 0.2) is 5.82 Å². The second-order valence-corrected chi connectivity index (χ2v) is 7.75. The number of nitrogens with zero attached hydrogens (tertiary/aromatic N) is 5. The van der Waals surface area contributed by atoms with Gasteiger partial charge in [-0.2, -0.15) is 10.1 Å². The molecule has 2 aromatic heterocycles. The summed E-state index contributed by atoms with van der Waals surface area (Å²) in [7, 11) is 0. The molecule has 136 valence electrons. The molecule has 7 heteroatoms. The molecular formula is C18H28N6O. The number of nitrogens with one attached hydrogen (secondary N) is 1. The number of hydrogen-bond donors (Lipinski definition) is 1. The Morgan fingerprint density at radius 2 is 2.28 bits per heavy atom. The second-order valence-electron chi connectivity index (χ2n) is 7.75. The van der Waals surface area contributed by atoms with Gasteiger partial charge in [0.2, 0.25) is 5.89 Å². The lowest BCUT2D eigenvalue weighted by Crippen LogP contribution is -2.34. The molecule has 0 radical (unpaired) electrons. The van der Waals surface area contributed by atoms with Crippen LogP contribution in [0.2, 0.25) is 0 Å². The highest BCUT2D eigenvalue weighted by Crippen LogP contribution is 2.27. The first-order valence-electron chi connectivity index (χ1n) is 9.48. The van der Waals surface area contributed by atoms with E-state index in [1.165, 1.54) is 17.8 Å². The van der Waals surface area contributed by atoms with Crippen molar-refractivity contribution < 1.29 is 4.52 Å². The van der Waals surface area contributed by atoms with Crippen molar-refractivity contribution in [1.29, 1.82) is 0 Å². The molecule has 25 heavy (non-hydrogen) atoms. The summed E-state index contributed by atoms with van der Waals surface area (Å²) in [5, 5.41) is 12.3. The van der Waals surface area contributed by atoms with E-state index in [0.29, 0.717) is 11.8 Å². The molecule has 0 amide bonds. The normalized spacial score (nSPS) is 21.6. The van der Waals surface area contributed by atoms with Gasteiger partial charge in [0.05, 0.1) is 23.9 Å². The van der Waals surface area contributed by atoms with E-state index in [-0.39, 0.29) is 0 Å². The molecule has 0 aromatic carbocycles. The molecule has 0 unspecified atom stereocenters. The zero-order chi connectivity index (χ0) is 17.2. The molecule has 0 saturated carbocycles. The summed E-state index contributed by atoms with van der Waals surface area (Å²) >= 11 is 0. The predicted octanol–water partition coefficient (Wildman–Crippen LogP) is 1.95. The summed E-state index contributed by atoms with van der Waals surface area (Å²) in [6, 6.07) is 2.24. The van der Waals surface area contributed by atoms with E-state index < -0.39 is 0 Å². The molecule has 7 nitrogen and oxygen atoms in total. The van der Waals surface area contributed by atoms with Crippen LogP contribution in [0.5, 0.6) is 0 Å². The Labute approximate surface area is 148 Å². The maximum Gasteiger partial charge on any atom is 0.231 e. The Hall–Kier alpha value is -1.73. The van der Waals surface area contributed by atoms with Gasteiger partial charge >= 0.3 is 0 Å². The minimum absolute atomic E-state index is 0.348. The quantitative estimate of drug-likeness (QED) is 0.894. The van der Waals surface area contributed by atoms with Crippen LogP contribution in [0.1, 0.15) is 55.7 Å². The van der Waals surface area contributed by atoms with Gasteiger partial charge in [-0.1, -0.05) is 19.0 Å². The lowest BCUT2D eigenvalue weighted by Gasteiger charge is -2.30. The first-order valence-corrected chi connectivity index (χ1v) is 9.48. The first-order chi connectivity index (χ1) is 12.2. The highest BCUT2D eigenvalue weighted by molar-refractivity contribution is 5.12. The van der Waals surface area contributed by atoms with Crippen LogP contribution in [0.3, 0.4) is 0 Å². The van der Waals surface area contributed by atoms with E-state index >= 15 is 0 Å². The summed E-state index contributed by atoms with van der Waals surface area (Å²) in [6.07, 6.45) is 3.18. The van der Waals surface area contributed by atoms with Gasteiger partial charge in [-0.15, -0.1) is 0 Å².